The molecule has 1 aromatic rings. The van der Waals surface area contributed by atoms with Crippen molar-refractivity contribution < 1.29 is 5.11 Å². The van der Waals surface area contributed by atoms with E-state index in [-0.39, 0.29) is 6.61 Å². The Bertz CT molecular complexity index is 315. The summed E-state index contributed by atoms with van der Waals surface area (Å²) in [7, 11) is 0. The van der Waals surface area contributed by atoms with E-state index in [4.69, 9.17) is 5.11 Å². The molecule has 0 fully saturated rings. The maximum atomic E-state index is 8.94. The van der Waals surface area contributed by atoms with Crippen molar-refractivity contribution in [2.75, 3.05) is 24.6 Å². The fraction of sp³-hybridized carbons (Fsp3) is 0.636. The largest absolute Gasteiger partial charge is 0.395 e. The van der Waals surface area contributed by atoms with Gasteiger partial charge in [-0.1, -0.05) is 6.92 Å². The van der Waals surface area contributed by atoms with Crippen LogP contribution in [0, 0.1) is 6.92 Å². The molecule has 1 N–H and O–H groups in total. The lowest BCUT2D eigenvalue weighted by Crippen LogP contribution is -2.27. The van der Waals surface area contributed by atoms with Gasteiger partial charge in [0.1, 0.15) is 11.6 Å². The van der Waals surface area contributed by atoms with Crippen molar-refractivity contribution in [3.63, 3.8) is 0 Å². The van der Waals surface area contributed by atoms with Crippen LogP contribution in [0.25, 0.3) is 0 Å². The minimum Gasteiger partial charge on any atom is -0.395 e. The van der Waals surface area contributed by atoms with Gasteiger partial charge in [-0.2, -0.15) is 0 Å². The molecule has 84 valence electrons. The summed E-state index contributed by atoms with van der Waals surface area (Å²) in [5.74, 6) is 1.71. The number of likely N-dealkylation sites (N-methyl/N-ethyl adjacent to an activating group) is 1. The van der Waals surface area contributed by atoms with Crippen molar-refractivity contribution in [3.05, 3.63) is 17.6 Å². The standard InChI is InChI=1S/C11H19N3O/c1-4-10-8-11(13-9(3)12-10)14(5-2)6-7-15/h8,15H,4-7H2,1-3H3. The van der Waals surface area contributed by atoms with Crippen LogP contribution in [0.2, 0.25) is 0 Å². The van der Waals surface area contributed by atoms with Crippen LogP contribution >= 0.6 is 0 Å². The molecule has 0 aliphatic rings. The minimum absolute atomic E-state index is 0.151. The number of nitrogens with zero attached hydrogens (tertiary/aromatic N) is 3. The van der Waals surface area contributed by atoms with Crippen molar-refractivity contribution in [2.24, 2.45) is 0 Å². The number of rotatable bonds is 5. The monoisotopic (exact) mass is 209 g/mol. The molecule has 1 aromatic heterocycles. The van der Waals surface area contributed by atoms with Crippen LogP contribution in [0.5, 0.6) is 0 Å². The highest BCUT2D eigenvalue weighted by Gasteiger charge is 2.07. The van der Waals surface area contributed by atoms with E-state index in [1.807, 2.05) is 17.9 Å². The number of aliphatic hydroxyl groups is 1. The summed E-state index contributed by atoms with van der Waals surface area (Å²) in [6, 6.07) is 1.99. The van der Waals surface area contributed by atoms with Gasteiger partial charge in [-0.15, -0.1) is 0 Å². The van der Waals surface area contributed by atoms with E-state index in [1.54, 1.807) is 0 Å². The van der Waals surface area contributed by atoms with Crippen molar-refractivity contribution in [2.45, 2.75) is 27.2 Å². The Morgan fingerprint density at radius 1 is 1.33 bits per heavy atom. The summed E-state index contributed by atoms with van der Waals surface area (Å²) in [4.78, 5) is 10.8. The van der Waals surface area contributed by atoms with Crippen LogP contribution in [0.4, 0.5) is 5.82 Å². The molecule has 0 unspecified atom stereocenters. The maximum absolute atomic E-state index is 8.94. The zero-order valence-corrected chi connectivity index (χ0v) is 9.69. The number of aliphatic hydroxyl groups excluding tert-OH is 1. The summed E-state index contributed by atoms with van der Waals surface area (Å²) in [5, 5.41) is 8.94. The van der Waals surface area contributed by atoms with E-state index in [9.17, 15) is 0 Å². The molecule has 4 heteroatoms. The van der Waals surface area contributed by atoms with Gasteiger partial charge in [0.05, 0.1) is 6.61 Å². The minimum atomic E-state index is 0.151. The lowest BCUT2D eigenvalue weighted by Gasteiger charge is -2.21. The second-order valence-electron chi connectivity index (χ2n) is 3.42. The highest BCUT2D eigenvalue weighted by Crippen LogP contribution is 2.12. The van der Waals surface area contributed by atoms with Gasteiger partial charge in [-0.05, 0) is 20.3 Å². The summed E-state index contributed by atoms with van der Waals surface area (Å²) in [6.45, 7) is 7.65. The highest BCUT2D eigenvalue weighted by atomic mass is 16.3. The van der Waals surface area contributed by atoms with E-state index < -0.39 is 0 Å². The normalized spacial score (nSPS) is 10.4. The van der Waals surface area contributed by atoms with Gasteiger partial charge in [0.15, 0.2) is 0 Å². The molecule has 1 heterocycles. The third kappa shape index (κ3) is 3.16. The van der Waals surface area contributed by atoms with Gasteiger partial charge in [0, 0.05) is 24.8 Å². The highest BCUT2D eigenvalue weighted by molar-refractivity contribution is 5.39. The first kappa shape index (κ1) is 11.9. The Hall–Kier alpha value is -1.16. The summed E-state index contributed by atoms with van der Waals surface area (Å²) in [5.41, 5.74) is 1.05. The number of anilines is 1. The number of aryl methyl sites for hydroxylation is 2. The fourth-order valence-electron chi connectivity index (χ4n) is 1.51. The average molecular weight is 209 g/mol. The lowest BCUT2D eigenvalue weighted by molar-refractivity contribution is 0.302. The topological polar surface area (TPSA) is 49.2 Å². The van der Waals surface area contributed by atoms with E-state index >= 15 is 0 Å². The van der Waals surface area contributed by atoms with E-state index in [2.05, 4.69) is 23.8 Å². The van der Waals surface area contributed by atoms with Crippen molar-refractivity contribution in [1.82, 2.24) is 9.97 Å². The molecule has 0 saturated heterocycles. The predicted octanol–water partition coefficient (Wildman–Crippen LogP) is 1.17. The Morgan fingerprint density at radius 2 is 2.07 bits per heavy atom. The van der Waals surface area contributed by atoms with Crippen LogP contribution < -0.4 is 4.90 Å². The molecule has 0 saturated carbocycles. The molecule has 0 aromatic carbocycles. The third-order valence-corrected chi connectivity index (χ3v) is 2.32. The lowest BCUT2D eigenvalue weighted by atomic mass is 10.3. The van der Waals surface area contributed by atoms with Gasteiger partial charge in [0.25, 0.3) is 0 Å². The second-order valence-corrected chi connectivity index (χ2v) is 3.42. The van der Waals surface area contributed by atoms with Gasteiger partial charge >= 0.3 is 0 Å². The first-order valence-corrected chi connectivity index (χ1v) is 5.41. The molecule has 0 radical (unpaired) electrons. The van der Waals surface area contributed by atoms with Crippen LogP contribution in [0.3, 0.4) is 0 Å². The molecular weight excluding hydrogens is 190 g/mol. The zero-order valence-electron chi connectivity index (χ0n) is 9.69. The molecule has 0 aliphatic heterocycles. The molecule has 4 nitrogen and oxygen atoms in total. The van der Waals surface area contributed by atoms with Crippen LogP contribution in [-0.2, 0) is 6.42 Å². The molecule has 0 spiro atoms. The Morgan fingerprint density at radius 3 is 2.60 bits per heavy atom. The molecule has 0 amide bonds. The Balaban J connectivity index is 2.95. The second kappa shape index (κ2) is 5.66. The molecular formula is C11H19N3O. The third-order valence-electron chi connectivity index (χ3n) is 2.32. The first-order chi connectivity index (χ1) is 7.21. The van der Waals surface area contributed by atoms with Crippen molar-refractivity contribution in [1.29, 1.82) is 0 Å². The Kier molecular flexibility index (Phi) is 4.49. The van der Waals surface area contributed by atoms with Crippen LogP contribution in [-0.4, -0.2) is 34.8 Å². The smallest absolute Gasteiger partial charge is 0.132 e. The predicted molar refractivity (Wildman–Crippen MR) is 61.1 cm³/mol. The first-order valence-electron chi connectivity index (χ1n) is 5.41. The number of hydrogen-bond acceptors (Lipinski definition) is 4. The molecule has 1 rings (SSSR count). The van der Waals surface area contributed by atoms with Crippen LogP contribution in [0.15, 0.2) is 6.07 Å². The summed E-state index contributed by atoms with van der Waals surface area (Å²) < 4.78 is 0. The van der Waals surface area contributed by atoms with E-state index in [1.165, 1.54) is 0 Å². The zero-order chi connectivity index (χ0) is 11.3. The van der Waals surface area contributed by atoms with Gasteiger partial charge < -0.3 is 10.0 Å². The van der Waals surface area contributed by atoms with E-state index in [0.29, 0.717) is 6.54 Å². The molecule has 15 heavy (non-hydrogen) atoms. The number of aromatic nitrogens is 2. The van der Waals surface area contributed by atoms with Crippen molar-refractivity contribution >= 4 is 5.82 Å². The quantitative estimate of drug-likeness (QED) is 0.790. The number of hydrogen-bond donors (Lipinski definition) is 1. The molecule has 0 aliphatic carbocycles. The maximum Gasteiger partial charge on any atom is 0.132 e. The van der Waals surface area contributed by atoms with Gasteiger partial charge in [0.2, 0.25) is 0 Å². The molecule has 0 bridgehead atoms. The summed E-state index contributed by atoms with van der Waals surface area (Å²) >= 11 is 0. The molecule has 0 atom stereocenters. The SMILES string of the molecule is CCc1cc(N(CC)CCO)nc(C)n1. The van der Waals surface area contributed by atoms with Crippen LogP contribution in [0.1, 0.15) is 25.4 Å². The van der Waals surface area contributed by atoms with Crippen molar-refractivity contribution in [3.8, 4) is 0 Å². The summed E-state index contributed by atoms with van der Waals surface area (Å²) in [6.07, 6.45) is 0.910. The Labute approximate surface area is 91.0 Å². The average Bonchev–Trinajstić information content (AvgIpc) is 2.24. The van der Waals surface area contributed by atoms with Gasteiger partial charge in [-0.25, -0.2) is 9.97 Å². The van der Waals surface area contributed by atoms with E-state index in [0.717, 1.165) is 30.3 Å². The van der Waals surface area contributed by atoms with Gasteiger partial charge in [-0.3, -0.25) is 0 Å². The fourth-order valence-corrected chi connectivity index (χ4v) is 1.51.